The summed E-state index contributed by atoms with van der Waals surface area (Å²) in [5.74, 6) is 0.128. The molecule has 2 amide bonds. The van der Waals surface area contributed by atoms with Gasteiger partial charge in [0.2, 0.25) is 11.8 Å². The lowest BCUT2D eigenvalue weighted by molar-refractivity contribution is -0.137. The fourth-order valence-electron chi connectivity index (χ4n) is 3.07. The number of carbonyl (C=O) groups excluding carboxylic acids is 2. The van der Waals surface area contributed by atoms with E-state index in [1.54, 1.807) is 18.1 Å². The van der Waals surface area contributed by atoms with Crippen LogP contribution in [0.25, 0.3) is 0 Å². The molecule has 0 saturated heterocycles. The largest absolute Gasteiger partial charge is 0.495 e. The number of nitrogens with two attached hydrogens (primary N) is 1. The number of rotatable bonds is 7. The third kappa shape index (κ3) is 4.86. The smallest absolute Gasteiger partial charge is 0.237 e. The number of halogens is 1. The lowest BCUT2D eigenvalue weighted by Crippen LogP contribution is -2.44. The molecular formula is C17H23ClN2O3. The van der Waals surface area contributed by atoms with Gasteiger partial charge in [-0.15, -0.1) is 0 Å². The number of nitrogens with zero attached hydrogens (tertiary/aromatic N) is 1. The predicted molar refractivity (Wildman–Crippen MR) is 89.5 cm³/mol. The molecule has 0 aliphatic heterocycles. The molecule has 1 saturated carbocycles. The number of ether oxygens (including phenoxy) is 1. The van der Waals surface area contributed by atoms with Crippen LogP contribution in [0.15, 0.2) is 18.2 Å². The Morgan fingerprint density at radius 2 is 2.04 bits per heavy atom. The molecule has 0 radical (unpaired) electrons. The van der Waals surface area contributed by atoms with Gasteiger partial charge in [0.25, 0.3) is 0 Å². The van der Waals surface area contributed by atoms with Gasteiger partial charge in [0, 0.05) is 12.5 Å². The van der Waals surface area contributed by atoms with Crippen molar-refractivity contribution in [2.75, 3.05) is 13.7 Å². The van der Waals surface area contributed by atoms with Crippen molar-refractivity contribution >= 4 is 23.4 Å². The fraction of sp³-hybridized carbons (Fsp3) is 0.529. The number of amides is 2. The molecule has 23 heavy (non-hydrogen) atoms. The second-order valence-corrected chi connectivity index (χ2v) is 6.30. The highest BCUT2D eigenvalue weighted by Gasteiger charge is 2.27. The first-order valence-corrected chi connectivity index (χ1v) is 8.29. The summed E-state index contributed by atoms with van der Waals surface area (Å²) in [5.41, 5.74) is 6.26. The normalized spacial score (nSPS) is 14.7. The van der Waals surface area contributed by atoms with Gasteiger partial charge >= 0.3 is 0 Å². The van der Waals surface area contributed by atoms with Crippen molar-refractivity contribution in [1.29, 1.82) is 0 Å². The van der Waals surface area contributed by atoms with E-state index in [4.69, 9.17) is 22.1 Å². The number of hydrogen-bond donors (Lipinski definition) is 1. The molecule has 1 aliphatic carbocycles. The maximum Gasteiger partial charge on any atom is 0.237 e. The minimum atomic E-state index is -0.460. The molecule has 1 aromatic rings. The summed E-state index contributed by atoms with van der Waals surface area (Å²) in [6.07, 6.45) is 5.01. The van der Waals surface area contributed by atoms with Crippen molar-refractivity contribution in [3.8, 4) is 5.75 Å². The highest BCUT2D eigenvalue weighted by atomic mass is 35.5. The molecule has 5 nitrogen and oxygen atoms in total. The number of primary amides is 1. The Kier molecular flexibility index (Phi) is 6.28. The fourth-order valence-corrected chi connectivity index (χ4v) is 3.35. The van der Waals surface area contributed by atoms with Crippen LogP contribution in [-0.4, -0.2) is 36.4 Å². The van der Waals surface area contributed by atoms with Crippen molar-refractivity contribution < 1.29 is 14.3 Å². The van der Waals surface area contributed by atoms with Crippen molar-refractivity contribution in [2.45, 2.75) is 44.6 Å². The Morgan fingerprint density at radius 1 is 1.35 bits per heavy atom. The van der Waals surface area contributed by atoms with Gasteiger partial charge in [0.1, 0.15) is 5.75 Å². The van der Waals surface area contributed by atoms with Crippen LogP contribution in [0.4, 0.5) is 0 Å². The summed E-state index contributed by atoms with van der Waals surface area (Å²) in [7, 11) is 1.56. The SMILES string of the molecule is COc1ccc(CCC(=O)N(CC(N)=O)C2CCCC2)cc1Cl. The summed E-state index contributed by atoms with van der Waals surface area (Å²) in [5, 5.41) is 0.530. The van der Waals surface area contributed by atoms with Crippen LogP contribution in [0.1, 0.15) is 37.7 Å². The van der Waals surface area contributed by atoms with E-state index in [1.165, 1.54) is 0 Å². The van der Waals surface area contributed by atoms with E-state index in [9.17, 15) is 9.59 Å². The quantitative estimate of drug-likeness (QED) is 0.830. The molecule has 1 aromatic carbocycles. The molecule has 0 spiro atoms. The van der Waals surface area contributed by atoms with E-state index in [1.807, 2.05) is 12.1 Å². The summed E-state index contributed by atoms with van der Waals surface area (Å²) in [6.45, 7) is 0.00681. The Bertz CT molecular complexity index is 571. The van der Waals surface area contributed by atoms with Crippen LogP contribution in [0.3, 0.4) is 0 Å². The van der Waals surface area contributed by atoms with Crippen LogP contribution < -0.4 is 10.5 Å². The van der Waals surface area contributed by atoms with E-state index in [0.29, 0.717) is 23.6 Å². The summed E-state index contributed by atoms with van der Waals surface area (Å²) in [6, 6.07) is 5.64. The molecular weight excluding hydrogens is 316 g/mol. The molecule has 0 bridgehead atoms. The van der Waals surface area contributed by atoms with E-state index in [2.05, 4.69) is 0 Å². The van der Waals surface area contributed by atoms with Crippen LogP contribution in [-0.2, 0) is 16.0 Å². The van der Waals surface area contributed by atoms with Crippen molar-refractivity contribution in [1.82, 2.24) is 4.90 Å². The van der Waals surface area contributed by atoms with Crippen LogP contribution in [0.2, 0.25) is 5.02 Å². The first kappa shape index (κ1) is 17.6. The van der Waals surface area contributed by atoms with Gasteiger partial charge in [-0.05, 0) is 37.0 Å². The zero-order valence-corrected chi connectivity index (χ0v) is 14.1. The molecule has 0 heterocycles. The van der Waals surface area contributed by atoms with Crippen molar-refractivity contribution in [2.24, 2.45) is 5.73 Å². The Labute approximate surface area is 141 Å². The second-order valence-electron chi connectivity index (χ2n) is 5.90. The summed E-state index contributed by atoms with van der Waals surface area (Å²) >= 11 is 6.10. The highest BCUT2D eigenvalue weighted by Crippen LogP contribution is 2.26. The summed E-state index contributed by atoms with van der Waals surface area (Å²) < 4.78 is 5.12. The van der Waals surface area contributed by atoms with Crippen LogP contribution >= 0.6 is 11.6 Å². The average molecular weight is 339 g/mol. The highest BCUT2D eigenvalue weighted by molar-refractivity contribution is 6.32. The predicted octanol–water partition coefficient (Wildman–Crippen LogP) is 2.54. The standard InChI is InChI=1S/C17H23ClN2O3/c1-23-15-8-6-12(10-14(15)18)7-9-17(22)20(11-16(19)21)13-4-2-3-5-13/h6,8,10,13H,2-5,7,9,11H2,1H3,(H2,19,21). The number of hydrogen-bond acceptors (Lipinski definition) is 3. The number of carbonyl (C=O) groups is 2. The number of aryl methyl sites for hydroxylation is 1. The minimum absolute atomic E-state index is 0.00681. The topological polar surface area (TPSA) is 72.6 Å². The van der Waals surface area contributed by atoms with Gasteiger partial charge in [0.15, 0.2) is 0 Å². The third-order valence-electron chi connectivity index (χ3n) is 4.26. The maximum absolute atomic E-state index is 12.5. The van der Waals surface area contributed by atoms with Gasteiger partial charge in [-0.25, -0.2) is 0 Å². The lowest BCUT2D eigenvalue weighted by Gasteiger charge is -2.28. The van der Waals surface area contributed by atoms with Crippen molar-refractivity contribution in [3.05, 3.63) is 28.8 Å². The van der Waals surface area contributed by atoms with E-state index < -0.39 is 5.91 Å². The molecule has 6 heteroatoms. The van der Waals surface area contributed by atoms with Crippen molar-refractivity contribution in [3.63, 3.8) is 0 Å². The van der Waals surface area contributed by atoms with E-state index in [0.717, 1.165) is 31.2 Å². The molecule has 126 valence electrons. The Balaban J connectivity index is 1.97. The second kappa shape index (κ2) is 8.20. The van der Waals surface area contributed by atoms with Gasteiger partial charge in [-0.3, -0.25) is 9.59 Å². The molecule has 0 aromatic heterocycles. The monoisotopic (exact) mass is 338 g/mol. The van der Waals surface area contributed by atoms with Crippen LogP contribution in [0.5, 0.6) is 5.75 Å². The zero-order chi connectivity index (χ0) is 16.8. The first-order chi connectivity index (χ1) is 11.0. The Morgan fingerprint density at radius 3 is 2.61 bits per heavy atom. The number of methoxy groups -OCH3 is 1. The Hall–Kier alpha value is -1.75. The first-order valence-electron chi connectivity index (χ1n) is 7.91. The lowest BCUT2D eigenvalue weighted by atomic mass is 10.1. The van der Waals surface area contributed by atoms with Gasteiger partial charge in [0.05, 0.1) is 18.7 Å². The zero-order valence-electron chi connectivity index (χ0n) is 13.4. The summed E-state index contributed by atoms with van der Waals surface area (Å²) in [4.78, 5) is 25.4. The third-order valence-corrected chi connectivity index (χ3v) is 4.55. The minimum Gasteiger partial charge on any atom is -0.495 e. The molecule has 0 unspecified atom stereocenters. The van der Waals surface area contributed by atoms with Gasteiger partial charge < -0.3 is 15.4 Å². The molecule has 1 aliphatic rings. The van der Waals surface area contributed by atoms with Crippen LogP contribution in [0, 0.1) is 0 Å². The number of benzene rings is 1. The molecule has 0 atom stereocenters. The average Bonchev–Trinajstić information content (AvgIpc) is 3.04. The van der Waals surface area contributed by atoms with Gasteiger partial charge in [-0.2, -0.15) is 0 Å². The van der Waals surface area contributed by atoms with E-state index >= 15 is 0 Å². The molecule has 2 N–H and O–H groups in total. The molecule has 2 rings (SSSR count). The van der Waals surface area contributed by atoms with E-state index in [-0.39, 0.29) is 18.5 Å². The molecule has 1 fully saturated rings. The van der Waals surface area contributed by atoms with Gasteiger partial charge in [-0.1, -0.05) is 30.5 Å². The maximum atomic E-state index is 12.5.